The van der Waals surface area contributed by atoms with Crippen LogP contribution in [0.5, 0.6) is 0 Å². The zero-order chi connectivity index (χ0) is 12.7. The van der Waals surface area contributed by atoms with Crippen molar-refractivity contribution in [3.05, 3.63) is 61.0 Å². The molecule has 90 valence electrons. The van der Waals surface area contributed by atoms with Crippen molar-refractivity contribution >= 4 is 5.84 Å². The van der Waals surface area contributed by atoms with Gasteiger partial charge >= 0.3 is 0 Å². The fraction of sp³-hybridized carbons (Fsp3) is 0.267. The lowest BCUT2D eigenvalue weighted by Crippen LogP contribution is -2.23. The molecule has 1 rings (SSSR count). The van der Waals surface area contributed by atoms with Gasteiger partial charge < -0.3 is 4.90 Å². The number of amidine groups is 1. The third-order valence-corrected chi connectivity index (χ3v) is 2.41. The number of allylic oxidation sites excluding steroid dienone is 5. The maximum absolute atomic E-state index is 4.52. The van der Waals surface area contributed by atoms with Gasteiger partial charge in [0.25, 0.3) is 0 Å². The Labute approximate surface area is 104 Å². The highest BCUT2D eigenvalue weighted by Crippen LogP contribution is 2.13. The van der Waals surface area contributed by atoms with Crippen LogP contribution in [0.3, 0.4) is 0 Å². The maximum atomic E-state index is 4.52. The van der Waals surface area contributed by atoms with Gasteiger partial charge in [-0.2, -0.15) is 0 Å². The van der Waals surface area contributed by atoms with Gasteiger partial charge in [-0.15, -0.1) is 0 Å². The molecule has 0 aromatic rings. The minimum absolute atomic E-state index is 0.853. The van der Waals surface area contributed by atoms with Crippen LogP contribution in [0.15, 0.2) is 66.0 Å². The quantitative estimate of drug-likeness (QED) is 0.670. The van der Waals surface area contributed by atoms with Crippen molar-refractivity contribution in [3.63, 3.8) is 0 Å². The molecule has 0 saturated heterocycles. The number of hydrogen-bond acceptors (Lipinski definition) is 2. The van der Waals surface area contributed by atoms with Crippen LogP contribution >= 0.6 is 0 Å². The highest BCUT2D eigenvalue weighted by Gasteiger charge is 2.08. The van der Waals surface area contributed by atoms with Crippen molar-refractivity contribution < 1.29 is 0 Å². The first kappa shape index (κ1) is 13.2. The minimum Gasteiger partial charge on any atom is -0.336 e. The van der Waals surface area contributed by atoms with E-state index in [1.807, 2.05) is 49.4 Å². The summed E-state index contributed by atoms with van der Waals surface area (Å²) in [4.78, 5) is 6.50. The van der Waals surface area contributed by atoms with Crippen LogP contribution in [0.2, 0.25) is 0 Å². The SMILES string of the molecule is C=C1CC/C=C\N(C)C(C(=C)/C=C\C=C/C)=N1. The van der Waals surface area contributed by atoms with Crippen molar-refractivity contribution in [1.29, 1.82) is 0 Å². The second-order valence-corrected chi connectivity index (χ2v) is 3.95. The predicted octanol–water partition coefficient (Wildman–Crippen LogP) is 3.83. The molecular weight excluding hydrogens is 208 g/mol. The molecule has 2 heteroatoms. The van der Waals surface area contributed by atoms with Crippen molar-refractivity contribution in [1.82, 2.24) is 4.90 Å². The summed E-state index contributed by atoms with van der Waals surface area (Å²) < 4.78 is 0. The summed E-state index contributed by atoms with van der Waals surface area (Å²) in [5, 5.41) is 0. The van der Waals surface area contributed by atoms with E-state index < -0.39 is 0 Å². The zero-order valence-corrected chi connectivity index (χ0v) is 10.7. The third kappa shape index (κ3) is 4.27. The van der Waals surface area contributed by atoms with Gasteiger partial charge in [0.05, 0.1) is 0 Å². The van der Waals surface area contributed by atoms with E-state index in [1.165, 1.54) is 0 Å². The smallest absolute Gasteiger partial charge is 0.139 e. The lowest BCUT2D eigenvalue weighted by Gasteiger charge is -2.19. The second-order valence-electron chi connectivity index (χ2n) is 3.95. The van der Waals surface area contributed by atoms with Gasteiger partial charge in [0.15, 0.2) is 0 Å². The first-order valence-electron chi connectivity index (χ1n) is 5.79. The Morgan fingerprint density at radius 3 is 2.94 bits per heavy atom. The summed E-state index contributed by atoms with van der Waals surface area (Å²) in [6.07, 6.45) is 13.9. The number of rotatable bonds is 3. The largest absolute Gasteiger partial charge is 0.336 e. The summed E-state index contributed by atoms with van der Waals surface area (Å²) in [7, 11) is 1.97. The van der Waals surface area contributed by atoms with Gasteiger partial charge in [-0.3, -0.25) is 0 Å². The molecule has 0 unspecified atom stereocenters. The molecule has 0 N–H and O–H groups in total. The first-order chi connectivity index (χ1) is 8.15. The van der Waals surface area contributed by atoms with E-state index >= 15 is 0 Å². The Balaban J connectivity index is 2.90. The molecule has 2 nitrogen and oxygen atoms in total. The van der Waals surface area contributed by atoms with Crippen LogP contribution < -0.4 is 0 Å². The van der Waals surface area contributed by atoms with E-state index in [2.05, 4.69) is 24.2 Å². The predicted molar refractivity (Wildman–Crippen MR) is 75.8 cm³/mol. The molecule has 0 atom stereocenters. The van der Waals surface area contributed by atoms with E-state index in [1.54, 1.807) is 0 Å². The van der Waals surface area contributed by atoms with Gasteiger partial charge in [0.2, 0.25) is 0 Å². The van der Waals surface area contributed by atoms with Gasteiger partial charge in [-0.05, 0) is 19.8 Å². The summed E-state index contributed by atoms with van der Waals surface area (Å²) in [5.41, 5.74) is 1.79. The fourth-order valence-corrected chi connectivity index (χ4v) is 1.49. The highest BCUT2D eigenvalue weighted by molar-refractivity contribution is 6.01. The second kappa shape index (κ2) is 6.69. The van der Waals surface area contributed by atoms with E-state index in [0.29, 0.717) is 0 Å². The Kier molecular flexibility index (Phi) is 5.21. The first-order valence-corrected chi connectivity index (χ1v) is 5.79. The maximum Gasteiger partial charge on any atom is 0.139 e. The molecule has 17 heavy (non-hydrogen) atoms. The number of nitrogens with zero attached hydrogens (tertiary/aromatic N) is 2. The van der Waals surface area contributed by atoms with Crippen molar-refractivity contribution in [2.24, 2.45) is 4.99 Å². The molecule has 0 spiro atoms. The van der Waals surface area contributed by atoms with Crippen LogP contribution in [0.1, 0.15) is 19.8 Å². The molecule has 0 amide bonds. The summed E-state index contributed by atoms with van der Waals surface area (Å²) in [6.45, 7) is 9.97. The standard InChI is InChI=1S/C15H20N2/c1-5-6-7-10-13(2)15-16-14(3)11-8-9-12-17(15)4/h5-7,9-10,12H,2-3,8,11H2,1,4H3/b6-5-,10-7-,12-9-,16-15?. The van der Waals surface area contributed by atoms with Gasteiger partial charge in [-0.1, -0.05) is 43.5 Å². The summed E-state index contributed by atoms with van der Waals surface area (Å²) in [6, 6.07) is 0. The van der Waals surface area contributed by atoms with Crippen LogP contribution in [0.4, 0.5) is 0 Å². The number of aliphatic imine (C=N–C) groups is 1. The highest BCUT2D eigenvalue weighted by atomic mass is 15.1. The molecular formula is C15H20N2. The van der Waals surface area contributed by atoms with Gasteiger partial charge in [0, 0.05) is 24.5 Å². The Morgan fingerprint density at radius 2 is 2.24 bits per heavy atom. The van der Waals surface area contributed by atoms with Gasteiger partial charge in [0.1, 0.15) is 5.84 Å². The molecule has 0 bridgehead atoms. The van der Waals surface area contributed by atoms with Gasteiger partial charge in [-0.25, -0.2) is 4.99 Å². The number of hydrogen-bond donors (Lipinski definition) is 0. The Bertz CT molecular complexity index is 409. The molecule has 0 aliphatic carbocycles. The van der Waals surface area contributed by atoms with E-state index in [-0.39, 0.29) is 0 Å². The molecule has 0 radical (unpaired) electrons. The summed E-state index contributed by atoms with van der Waals surface area (Å²) >= 11 is 0. The molecule has 0 aromatic carbocycles. The van der Waals surface area contributed by atoms with Crippen LogP contribution in [-0.2, 0) is 0 Å². The lowest BCUT2D eigenvalue weighted by molar-refractivity contribution is 0.673. The monoisotopic (exact) mass is 228 g/mol. The summed E-state index contributed by atoms with van der Waals surface area (Å²) in [5.74, 6) is 0.853. The van der Waals surface area contributed by atoms with Crippen LogP contribution in [0, 0.1) is 0 Å². The molecule has 0 saturated carbocycles. The minimum atomic E-state index is 0.853. The Morgan fingerprint density at radius 1 is 1.47 bits per heavy atom. The van der Waals surface area contributed by atoms with E-state index in [9.17, 15) is 0 Å². The third-order valence-electron chi connectivity index (χ3n) is 2.41. The molecule has 1 aliphatic rings. The zero-order valence-electron chi connectivity index (χ0n) is 10.7. The fourth-order valence-electron chi connectivity index (χ4n) is 1.49. The average molecular weight is 228 g/mol. The van der Waals surface area contributed by atoms with E-state index in [4.69, 9.17) is 0 Å². The molecule has 0 aromatic heterocycles. The van der Waals surface area contributed by atoms with Crippen molar-refractivity contribution in [2.75, 3.05) is 7.05 Å². The molecule has 1 aliphatic heterocycles. The normalized spacial score (nSPS) is 19.3. The molecule has 0 fully saturated rings. The van der Waals surface area contributed by atoms with Crippen LogP contribution in [-0.4, -0.2) is 17.8 Å². The topological polar surface area (TPSA) is 15.6 Å². The number of likely N-dealkylation sites (N-methyl/N-ethyl adjacent to an activating group) is 1. The average Bonchev–Trinajstić information content (AvgIpc) is 2.29. The van der Waals surface area contributed by atoms with E-state index in [0.717, 1.165) is 29.9 Å². The van der Waals surface area contributed by atoms with Crippen molar-refractivity contribution in [2.45, 2.75) is 19.8 Å². The van der Waals surface area contributed by atoms with Crippen LogP contribution in [0.25, 0.3) is 0 Å². The lowest BCUT2D eigenvalue weighted by atomic mass is 10.2. The Hall–Kier alpha value is -1.83. The molecule has 1 heterocycles. The van der Waals surface area contributed by atoms with Crippen molar-refractivity contribution in [3.8, 4) is 0 Å².